The molecule has 0 saturated carbocycles. The van der Waals surface area contributed by atoms with Crippen molar-refractivity contribution in [2.75, 3.05) is 26.4 Å². The van der Waals surface area contributed by atoms with E-state index in [1.54, 1.807) is 6.08 Å². The van der Waals surface area contributed by atoms with E-state index in [4.69, 9.17) is 24.8 Å². The SMILES string of the molecule is CC/C=C\C/C=C\C/C=C\C/C=C\C/C=C\CC(=O)OC(COCCCCCCCC/C=C\CCC)COP(=O)(O)OCC(N)C(=O)O. The van der Waals surface area contributed by atoms with Crippen LogP contribution < -0.4 is 5.73 Å². The van der Waals surface area contributed by atoms with Gasteiger partial charge in [0.1, 0.15) is 12.1 Å². The summed E-state index contributed by atoms with van der Waals surface area (Å²) in [7, 11) is -4.64. The lowest BCUT2D eigenvalue weighted by Gasteiger charge is -2.20. The largest absolute Gasteiger partial charge is 0.480 e. The minimum absolute atomic E-state index is 0.0131. The number of nitrogens with two attached hydrogens (primary N) is 1. The van der Waals surface area contributed by atoms with Gasteiger partial charge in [0.2, 0.25) is 0 Å². The van der Waals surface area contributed by atoms with Crippen molar-refractivity contribution in [1.82, 2.24) is 0 Å². The van der Waals surface area contributed by atoms with E-state index >= 15 is 0 Å². The third-order valence-electron chi connectivity index (χ3n) is 6.73. The fourth-order valence-corrected chi connectivity index (χ4v) is 4.81. The molecule has 10 nitrogen and oxygen atoms in total. The molecule has 0 fully saturated rings. The number of phosphoric ester groups is 1. The van der Waals surface area contributed by atoms with Crippen LogP contribution in [0, 0.1) is 0 Å². The third-order valence-corrected chi connectivity index (χ3v) is 7.68. The zero-order valence-corrected chi connectivity index (χ0v) is 30.2. The number of hydrogen-bond donors (Lipinski definition) is 3. The summed E-state index contributed by atoms with van der Waals surface area (Å²) in [5.41, 5.74) is 5.32. The van der Waals surface area contributed by atoms with E-state index in [0.29, 0.717) is 13.0 Å². The summed E-state index contributed by atoms with van der Waals surface area (Å²) in [5, 5.41) is 8.84. The van der Waals surface area contributed by atoms with Gasteiger partial charge in [-0.1, -0.05) is 119 Å². The van der Waals surface area contributed by atoms with Gasteiger partial charge in [0.15, 0.2) is 0 Å². The number of carbonyl (C=O) groups excluding carboxylic acids is 1. The summed E-state index contributed by atoms with van der Waals surface area (Å²) < 4.78 is 33.0. The van der Waals surface area contributed by atoms with Crippen molar-refractivity contribution in [3.8, 4) is 0 Å². The molecule has 0 saturated heterocycles. The van der Waals surface area contributed by atoms with Crippen LogP contribution in [0.5, 0.6) is 0 Å². The third kappa shape index (κ3) is 32.0. The molecule has 3 unspecified atom stereocenters. The number of carboxylic acids is 1. The number of unbranched alkanes of at least 4 members (excludes halogenated alkanes) is 7. The van der Waals surface area contributed by atoms with Gasteiger partial charge < -0.3 is 25.2 Å². The molecule has 0 heterocycles. The molecule has 11 heteroatoms. The second-order valence-electron chi connectivity index (χ2n) is 11.3. The second kappa shape index (κ2) is 32.9. The highest BCUT2D eigenvalue weighted by Gasteiger charge is 2.27. The average molecular weight is 696 g/mol. The number of rotatable bonds is 32. The molecular formula is C37H62NO9P. The standard InChI is InChI=1S/C37H62NO9P/c1-3-5-7-9-11-13-15-16-17-18-19-21-23-25-27-29-36(39)47-34(32-45-48(42,43)46-33-35(38)37(40)41)31-44-30-28-26-24-22-20-14-12-10-8-6-4-2/h5,7-8,10-11,13,16-17,19,21,25,27,34-35H,3-4,6,9,12,14-15,18,20,22-24,26,28-33,38H2,1-2H3,(H,40,41)(H,42,43)/b7-5-,10-8-,13-11-,17-16-,21-19-,27-25-. The van der Waals surface area contributed by atoms with E-state index in [1.165, 1.54) is 25.7 Å². The second-order valence-corrected chi connectivity index (χ2v) is 12.7. The molecule has 0 aromatic heterocycles. The Morgan fingerprint density at radius 2 is 1.21 bits per heavy atom. The van der Waals surface area contributed by atoms with Gasteiger partial charge in [-0.05, 0) is 57.8 Å². The van der Waals surface area contributed by atoms with Crippen molar-refractivity contribution in [2.45, 2.75) is 122 Å². The maximum atomic E-state index is 12.5. The fraction of sp³-hybridized carbons (Fsp3) is 0.622. The molecule has 0 rings (SSSR count). The van der Waals surface area contributed by atoms with Crippen molar-refractivity contribution in [1.29, 1.82) is 0 Å². The Balaban J connectivity index is 4.54. The van der Waals surface area contributed by atoms with Crippen molar-refractivity contribution < 1.29 is 42.7 Å². The molecule has 274 valence electrons. The summed E-state index contributed by atoms with van der Waals surface area (Å²) in [6.07, 6.45) is 38.5. The number of carbonyl (C=O) groups is 2. The van der Waals surface area contributed by atoms with E-state index in [1.807, 2.05) is 12.2 Å². The average Bonchev–Trinajstić information content (AvgIpc) is 3.06. The van der Waals surface area contributed by atoms with Crippen LogP contribution in [0.15, 0.2) is 72.9 Å². The smallest absolute Gasteiger partial charge is 0.472 e. The molecule has 3 atom stereocenters. The Bertz CT molecular complexity index is 1040. The topological polar surface area (TPSA) is 155 Å². The predicted octanol–water partition coefficient (Wildman–Crippen LogP) is 8.69. The summed E-state index contributed by atoms with van der Waals surface area (Å²) in [5.74, 6) is -1.93. The van der Waals surface area contributed by atoms with Gasteiger partial charge >= 0.3 is 19.8 Å². The van der Waals surface area contributed by atoms with Crippen LogP contribution >= 0.6 is 7.82 Å². The zero-order chi connectivity index (χ0) is 35.6. The van der Waals surface area contributed by atoms with Crippen molar-refractivity contribution >= 4 is 19.8 Å². The number of hydrogen-bond acceptors (Lipinski definition) is 8. The molecule has 0 aromatic rings. The molecule has 48 heavy (non-hydrogen) atoms. The Morgan fingerprint density at radius 1 is 0.688 bits per heavy atom. The number of esters is 1. The maximum absolute atomic E-state index is 12.5. The molecule has 4 N–H and O–H groups in total. The van der Waals surface area contributed by atoms with E-state index in [0.717, 1.165) is 57.8 Å². The first kappa shape index (κ1) is 45.4. The zero-order valence-electron chi connectivity index (χ0n) is 29.3. The van der Waals surface area contributed by atoms with Crippen LogP contribution in [0.2, 0.25) is 0 Å². The van der Waals surface area contributed by atoms with Gasteiger partial charge in [0, 0.05) is 6.61 Å². The first-order valence-corrected chi connectivity index (χ1v) is 19.0. The molecule has 0 radical (unpaired) electrons. The van der Waals surface area contributed by atoms with E-state index in [2.05, 4.69) is 73.1 Å². The molecule has 0 spiro atoms. The number of carboxylic acid groups (broad SMARTS) is 1. The molecule has 0 aliphatic rings. The molecule has 0 aliphatic carbocycles. The van der Waals surface area contributed by atoms with Crippen LogP contribution in [0.1, 0.15) is 110 Å². The van der Waals surface area contributed by atoms with Gasteiger partial charge in [-0.2, -0.15) is 0 Å². The first-order valence-electron chi connectivity index (χ1n) is 17.5. The molecular weight excluding hydrogens is 633 g/mol. The predicted molar refractivity (Wildman–Crippen MR) is 193 cm³/mol. The minimum Gasteiger partial charge on any atom is -0.480 e. The molecule has 0 aromatic carbocycles. The number of allylic oxidation sites excluding steroid dienone is 11. The lowest BCUT2D eigenvalue weighted by atomic mass is 10.1. The van der Waals surface area contributed by atoms with Crippen LogP contribution in [0.25, 0.3) is 0 Å². The number of ether oxygens (including phenoxy) is 2. The van der Waals surface area contributed by atoms with Crippen molar-refractivity contribution in [3.05, 3.63) is 72.9 Å². The summed E-state index contributed by atoms with van der Waals surface area (Å²) in [6.45, 7) is 3.52. The Kier molecular flexibility index (Phi) is 31.2. The monoisotopic (exact) mass is 695 g/mol. The number of phosphoric acid groups is 1. The summed E-state index contributed by atoms with van der Waals surface area (Å²) in [6, 6.07) is -1.49. The minimum atomic E-state index is -4.64. The maximum Gasteiger partial charge on any atom is 0.472 e. The quantitative estimate of drug-likeness (QED) is 0.0269. The van der Waals surface area contributed by atoms with Gasteiger partial charge in [-0.25, -0.2) is 4.57 Å². The summed E-state index contributed by atoms with van der Waals surface area (Å²) in [4.78, 5) is 33.2. The molecule has 0 bridgehead atoms. The lowest BCUT2D eigenvalue weighted by molar-refractivity contribution is -0.153. The summed E-state index contributed by atoms with van der Waals surface area (Å²) >= 11 is 0. The lowest BCUT2D eigenvalue weighted by Crippen LogP contribution is -2.34. The van der Waals surface area contributed by atoms with Gasteiger partial charge in [-0.15, -0.1) is 0 Å². The fourth-order valence-electron chi connectivity index (χ4n) is 4.03. The van der Waals surface area contributed by atoms with Gasteiger partial charge in [0.25, 0.3) is 0 Å². The highest BCUT2D eigenvalue weighted by atomic mass is 31.2. The van der Waals surface area contributed by atoms with Crippen molar-refractivity contribution in [2.24, 2.45) is 5.73 Å². The van der Waals surface area contributed by atoms with Crippen LogP contribution in [-0.2, 0) is 32.7 Å². The normalized spacial score (nSPS) is 15.1. The van der Waals surface area contributed by atoms with Gasteiger partial charge in [0.05, 0.1) is 26.2 Å². The Hall–Kier alpha value is -2.59. The van der Waals surface area contributed by atoms with Crippen LogP contribution in [0.4, 0.5) is 0 Å². The van der Waals surface area contributed by atoms with E-state index in [-0.39, 0.29) is 13.0 Å². The molecule has 0 amide bonds. The first-order chi connectivity index (χ1) is 23.2. The van der Waals surface area contributed by atoms with Gasteiger partial charge in [-0.3, -0.25) is 18.6 Å². The highest BCUT2D eigenvalue weighted by molar-refractivity contribution is 7.47. The van der Waals surface area contributed by atoms with Crippen molar-refractivity contribution in [3.63, 3.8) is 0 Å². The van der Waals surface area contributed by atoms with E-state index < -0.39 is 45.1 Å². The van der Waals surface area contributed by atoms with E-state index in [9.17, 15) is 19.0 Å². The van der Waals surface area contributed by atoms with Crippen LogP contribution in [0.3, 0.4) is 0 Å². The number of aliphatic carboxylic acids is 1. The molecule has 0 aliphatic heterocycles. The highest BCUT2D eigenvalue weighted by Crippen LogP contribution is 2.43. The Morgan fingerprint density at radius 3 is 1.79 bits per heavy atom. The Labute approximate surface area is 289 Å². The van der Waals surface area contributed by atoms with Crippen LogP contribution in [-0.4, -0.2) is 60.5 Å².